The largest absolute Gasteiger partial charge is 0.263 e. The van der Waals surface area contributed by atoms with E-state index in [-0.39, 0.29) is 4.90 Å². The number of hydrogen-bond donors (Lipinski definition) is 1. The first kappa shape index (κ1) is 14.4. The quantitative estimate of drug-likeness (QED) is 0.612. The van der Waals surface area contributed by atoms with E-state index in [2.05, 4.69) is 9.71 Å². The molecule has 4 nitrogen and oxygen atoms in total. The lowest BCUT2D eigenvalue weighted by Gasteiger charge is -2.08. The maximum atomic E-state index is 11.8. The van der Waals surface area contributed by atoms with Crippen molar-refractivity contribution >= 4 is 21.6 Å². The Labute approximate surface area is 107 Å². The topological polar surface area (TPSA) is 59.1 Å². The second kappa shape index (κ2) is 6.93. The van der Waals surface area contributed by atoms with Crippen molar-refractivity contribution < 1.29 is 8.42 Å². The molecule has 1 unspecified atom stereocenters. The normalized spacial score (nSPS) is 13.5. The lowest BCUT2D eigenvalue weighted by atomic mass is 10.1. The van der Waals surface area contributed by atoms with Crippen LogP contribution in [0.1, 0.15) is 19.8 Å². The Morgan fingerprint density at radius 1 is 1.53 bits per heavy atom. The maximum Gasteiger partial charge on any atom is 0.242 e. The molecule has 0 aliphatic carbocycles. The molecule has 6 heteroatoms. The van der Waals surface area contributed by atoms with E-state index in [1.165, 1.54) is 12.3 Å². The van der Waals surface area contributed by atoms with Crippen LogP contribution in [0.2, 0.25) is 0 Å². The van der Waals surface area contributed by atoms with Crippen molar-refractivity contribution in [2.45, 2.75) is 24.7 Å². The summed E-state index contributed by atoms with van der Waals surface area (Å²) in [5.74, 6) is 1.02. The molecular weight excluding hydrogens is 260 g/mol. The molecule has 0 amide bonds. The highest BCUT2D eigenvalue weighted by molar-refractivity contribution is 7.89. The van der Waals surface area contributed by atoms with E-state index in [1.54, 1.807) is 12.3 Å². The molecule has 17 heavy (non-hydrogen) atoms. The van der Waals surface area contributed by atoms with Crippen molar-refractivity contribution in [2.75, 3.05) is 12.4 Å². The monoisotopic (exact) mass is 276 g/mol. The number of alkyl halides is 1. The van der Waals surface area contributed by atoms with Crippen LogP contribution in [0.15, 0.2) is 29.4 Å². The molecule has 0 bridgehead atoms. The molecule has 0 aromatic carbocycles. The van der Waals surface area contributed by atoms with Gasteiger partial charge in [-0.2, -0.15) is 0 Å². The summed E-state index contributed by atoms with van der Waals surface area (Å²) in [5, 5.41) is 0. The molecule has 1 atom stereocenters. The molecule has 1 heterocycles. The molecule has 1 rings (SSSR count). The Morgan fingerprint density at radius 2 is 2.29 bits per heavy atom. The van der Waals surface area contributed by atoms with E-state index in [9.17, 15) is 8.42 Å². The van der Waals surface area contributed by atoms with E-state index < -0.39 is 10.0 Å². The number of pyridine rings is 1. The Hall–Kier alpha value is -0.650. The summed E-state index contributed by atoms with van der Waals surface area (Å²) < 4.78 is 26.1. The van der Waals surface area contributed by atoms with Crippen molar-refractivity contribution in [3.8, 4) is 0 Å². The minimum Gasteiger partial charge on any atom is -0.263 e. The fourth-order valence-electron chi connectivity index (χ4n) is 1.32. The number of hydrogen-bond acceptors (Lipinski definition) is 3. The van der Waals surface area contributed by atoms with E-state index >= 15 is 0 Å². The molecule has 1 N–H and O–H groups in total. The highest BCUT2D eigenvalue weighted by atomic mass is 35.5. The number of sulfonamides is 1. The zero-order valence-electron chi connectivity index (χ0n) is 9.77. The van der Waals surface area contributed by atoms with Crippen LogP contribution >= 0.6 is 11.6 Å². The van der Waals surface area contributed by atoms with Crippen LogP contribution < -0.4 is 4.72 Å². The molecule has 0 spiro atoms. The lowest BCUT2D eigenvalue weighted by molar-refractivity contribution is 0.543. The van der Waals surface area contributed by atoms with Gasteiger partial charge in [0.1, 0.15) is 4.90 Å². The molecule has 96 valence electrons. The summed E-state index contributed by atoms with van der Waals surface area (Å²) >= 11 is 5.67. The van der Waals surface area contributed by atoms with Crippen LogP contribution in [-0.4, -0.2) is 25.8 Å². The third kappa shape index (κ3) is 5.02. The Kier molecular flexibility index (Phi) is 5.88. The highest BCUT2D eigenvalue weighted by Crippen LogP contribution is 2.08. The number of halogens is 1. The minimum absolute atomic E-state index is 0.199. The van der Waals surface area contributed by atoms with Gasteiger partial charge in [0.05, 0.1) is 0 Å². The summed E-state index contributed by atoms with van der Waals surface area (Å²) in [6, 6.07) is 3.13. The molecule has 0 aliphatic heterocycles. The van der Waals surface area contributed by atoms with E-state index in [4.69, 9.17) is 11.6 Å². The standard InChI is InChI=1S/C11H17ClN2O2S/c1-10(8-12)4-2-7-14-17(15,16)11-5-3-6-13-9-11/h3,5-6,9-10,14H,2,4,7-8H2,1H3. The zero-order valence-corrected chi connectivity index (χ0v) is 11.3. The van der Waals surface area contributed by atoms with Crippen LogP contribution in [0.5, 0.6) is 0 Å². The molecule has 0 radical (unpaired) electrons. The number of rotatable bonds is 7. The van der Waals surface area contributed by atoms with Crippen molar-refractivity contribution in [1.82, 2.24) is 9.71 Å². The Balaban J connectivity index is 2.41. The summed E-state index contributed by atoms with van der Waals surface area (Å²) in [7, 11) is -3.41. The van der Waals surface area contributed by atoms with Gasteiger partial charge in [-0.15, -0.1) is 11.6 Å². The van der Waals surface area contributed by atoms with Gasteiger partial charge in [-0.25, -0.2) is 13.1 Å². The zero-order chi connectivity index (χ0) is 12.7. The van der Waals surface area contributed by atoms with Crippen LogP contribution in [0.25, 0.3) is 0 Å². The predicted octanol–water partition coefficient (Wildman–Crippen LogP) is 2.01. The van der Waals surface area contributed by atoms with Crippen molar-refractivity contribution in [3.05, 3.63) is 24.5 Å². The highest BCUT2D eigenvalue weighted by Gasteiger charge is 2.12. The van der Waals surface area contributed by atoms with Gasteiger partial charge in [0.15, 0.2) is 0 Å². The van der Waals surface area contributed by atoms with E-state index in [0.717, 1.165) is 12.8 Å². The molecule has 0 aliphatic rings. The third-order valence-corrected chi connectivity index (χ3v) is 4.35. The molecule has 0 saturated heterocycles. The van der Waals surface area contributed by atoms with Crippen molar-refractivity contribution in [2.24, 2.45) is 5.92 Å². The predicted molar refractivity (Wildman–Crippen MR) is 68.5 cm³/mol. The molecular formula is C11H17ClN2O2S. The first-order chi connectivity index (χ1) is 8.06. The van der Waals surface area contributed by atoms with Crippen LogP contribution in [-0.2, 0) is 10.0 Å². The van der Waals surface area contributed by atoms with Gasteiger partial charge in [0.2, 0.25) is 10.0 Å². The molecule has 0 saturated carbocycles. The van der Waals surface area contributed by atoms with E-state index in [1.807, 2.05) is 6.92 Å². The summed E-state index contributed by atoms with van der Waals surface area (Å²) in [6.07, 6.45) is 4.58. The minimum atomic E-state index is -3.41. The molecule has 0 fully saturated rings. The van der Waals surface area contributed by atoms with Gasteiger partial charge in [0.25, 0.3) is 0 Å². The third-order valence-electron chi connectivity index (χ3n) is 2.37. The fourth-order valence-corrected chi connectivity index (χ4v) is 2.51. The fraction of sp³-hybridized carbons (Fsp3) is 0.545. The van der Waals surface area contributed by atoms with Gasteiger partial charge < -0.3 is 0 Å². The van der Waals surface area contributed by atoms with Crippen LogP contribution in [0.3, 0.4) is 0 Å². The van der Waals surface area contributed by atoms with Crippen molar-refractivity contribution in [1.29, 1.82) is 0 Å². The van der Waals surface area contributed by atoms with Crippen molar-refractivity contribution in [3.63, 3.8) is 0 Å². The average Bonchev–Trinajstić information content (AvgIpc) is 2.35. The van der Waals surface area contributed by atoms with Gasteiger partial charge in [-0.05, 0) is 30.9 Å². The number of nitrogens with zero attached hydrogens (tertiary/aromatic N) is 1. The number of aromatic nitrogens is 1. The van der Waals surface area contributed by atoms with Gasteiger partial charge in [-0.3, -0.25) is 4.98 Å². The Bertz CT molecular complexity index is 422. The smallest absolute Gasteiger partial charge is 0.242 e. The second-order valence-electron chi connectivity index (χ2n) is 3.99. The van der Waals surface area contributed by atoms with Gasteiger partial charge in [0, 0.05) is 24.8 Å². The lowest BCUT2D eigenvalue weighted by Crippen LogP contribution is -2.25. The average molecular weight is 277 g/mol. The number of nitrogens with one attached hydrogen (secondary N) is 1. The first-order valence-corrected chi connectivity index (χ1v) is 7.53. The summed E-state index contributed by atoms with van der Waals surface area (Å²) in [6.45, 7) is 2.47. The molecule has 1 aromatic rings. The maximum absolute atomic E-state index is 11.8. The summed E-state index contributed by atoms with van der Waals surface area (Å²) in [4.78, 5) is 3.98. The molecule has 1 aromatic heterocycles. The van der Waals surface area contributed by atoms with E-state index in [0.29, 0.717) is 18.3 Å². The second-order valence-corrected chi connectivity index (χ2v) is 6.06. The Morgan fingerprint density at radius 3 is 2.88 bits per heavy atom. The summed E-state index contributed by atoms with van der Waals surface area (Å²) in [5.41, 5.74) is 0. The first-order valence-electron chi connectivity index (χ1n) is 5.52. The van der Waals surface area contributed by atoms with Crippen LogP contribution in [0, 0.1) is 5.92 Å². The van der Waals surface area contributed by atoms with Crippen LogP contribution in [0.4, 0.5) is 0 Å². The van der Waals surface area contributed by atoms with Gasteiger partial charge in [-0.1, -0.05) is 6.92 Å². The SMILES string of the molecule is CC(CCl)CCCNS(=O)(=O)c1cccnc1. The van der Waals surface area contributed by atoms with Gasteiger partial charge >= 0.3 is 0 Å².